The molecule has 0 fully saturated rings. The second kappa shape index (κ2) is 28.0. The number of carbonyl (C=O) groups is 2. The Morgan fingerprint density at radius 3 is 1.95 bits per heavy atom. The third-order valence-electron chi connectivity index (χ3n) is 6.06. The minimum atomic E-state index is -4.59. The maximum absolute atomic E-state index is 12.4. The zero-order valence-corrected chi connectivity index (χ0v) is 26.6. The van der Waals surface area contributed by atoms with Gasteiger partial charge in [0.2, 0.25) is 0 Å². The fraction of sp³-hybridized carbons (Fsp3) is 0.742. The lowest BCUT2D eigenvalue weighted by molar-refractivity contribution is -0.161. The van der Waals surface area contributed by atoms with Crippen LogP contribution in [0, 0.1) is 0 Å². The lowest BCUT2D eigenvalue weighted by atomic mass is 10.1. The lowest BCUT2D eigenvalue weighted by Gasteiger charge is -2.20. The number of aliphatic hydroxyl groups is 2. The molecule has 0 spiro atoms. The molecule has 11 heteroatoms. The summed E-state index contributed by atoms with van der Waals surface area (Å²) in [7, 11) is -4.59. The van der Waals surface area contributed by atoms with Crippen molar-refractivity contribution in [1.82, 2.24) is 0 Å². The lowest BCUT2D eigenvalue weighted by Crippen LogP contribution is -2.29. The van der Waals surface area contributed by atoms with Crippen molar-refractivity contribution >= 4 is 19.8 Å². The summed E-state index contributed by atoms with van der Waals surface area (Å²) in [5.41, 5.74) is 0. The Morgan fingerprint density at radius 2 is 1.31 bits per heavy atom. The SMILES string of the molecule is CC/C=C\C/C=C\C/C=C\CCCCCCCCCC(=O)OC(COC(=O)CCCC)COP(=O)(O)OCC(O)CO. The normalized spacial score (nSPS) is 14.9. The predicted molar refractivity (Wildman–Crippen MR) is 164 cm³/mol. The molecule has 0 saturated carbocycles. The van der Waals surface area contributed by atoms with E-state index in [-0.39, 0.29) is 19.4 Å². The number of carbonyl (C=O) groups excluding carboxylic acids is 2. The highest BCUT2D eigenvalue weighted by atomic mass is 31.2. The van der Waals surface area contributed by atoms with Crippen LogP contribution in [0.3, 0.4) is 0 Å². The number of hydrogen-bond acceptors (Lipinski definition) is 9. The minimum Gasteiger partial charge on any atom is -0.462 e. The van der Waals surface area contributed by atoms with Crippen molar-refractivity contribution in [3.63, 3.8) is 0 Å². The van der Waals surface area contributed by atoms with Crippen LogP contribution in [-0.2, 0) is 32.7 Å². The number of unbranched alkanes of at least 4 members (excludes halogenated alkanes) is 8. The van der Waals surface area contributed by atoms with E-state index in [1.54, 1.807) is 0 Å². The largest absolute Gasteiger partial charge is 0.472 e. The van der Waals surface area contributed by atoms with E-state index in [2.05, 4.69) is 47.9 Å². The molecule has 0 amide bonds. The van der Waals surface area contributed by atoms with E-state index in [1.807, 2.05) is 6.92 Å². The summed E-state index contributed by atoms with van der Waals surface area (Å²) >= 11 is 0. The van der Waals surface area contributed by atoms with Gasteiger partial charge in [-0.3, -0.25) is 18.6 Å². The van der Waals surface area contributed by atoms with Gasteiger partial charge in [0.05, 0.1) is 19.8 Å². The second-order valence-electron chi connectivity index (χ2n) is 10.1. The van der Waals surface area contributed by atoms with Crippen LogP contribution >= 0.6 is 7.82 Å². The summed E-state index contributed by atoms with van der Waals surface area (Å²) in [6, 6.07) is 0. The number of aliphatic hydroxyl groups excluding tert-OH is 2. The predicted octanol–water partition coefficient (Wildman–Crippen LogP) is 6.49. The van der Waals surface area contributed by atoms with E-state index >= 15 is 0 Å². The molecule has 244 valence electrons. The summed E-state index contributed by atoms with van der Waals surface area (Å²) in [6.07, 6.45) is 23.9. The average molecular weight is 619 g/mol. The van der Waals surface area contributed by atoms with Gasteiger partial charge in [-0.15, -0.1) is 0 Å². The molecule has 0 aromatic carbocycles. The Balaban J connectivity index is 4.20. The first-order chi connectivity index (χ1) is 20.2. The molecule has 3 atom stereocenters. The van der Waals surface area contributed by atoms with Crippen molar-refractivity contribution in [2.45, 2.75) is 122 Å². The number of allylic oxidation sites excluding steroid dienone is 6. The highest BCUT2D eigenvalue weighted by Gasteiger charge is 2.27. The first-order valence-electron chi connectivity index (χ1n) is 15.4. The van der Waals surface area contributed by atoms with Gasteiger partial charge in [0.1, 0.15) is 12.7 Å². The molecule has 0 aliphatic carbocycles. The molecule has 3 unspecified atom stereocenters. The van der Waals surface area contributed by atoms with Gasteiger partial charge in [0.25, 0.3) is 0 Å². The van der Waals surface area contributed by atoms with Gasteiger partial charge in [0, 0.05) is 12.8 Å². The van der Waals surface area contributed by atoms with Gasteiger partial charge in [-0.05, 0) is 44.9 Å². The average Bonchev–Trinajstić information content (AvgIpc) is 2.97. The Kier molecular flexibility index (Phi) is 26.8. The molecule has 0 bridgehead atoms. The van der Waals surface area contributed by atoms with Crippen molar-refractivity contribution < 1.29 is 47.8 Å². The van der Waals surface area contributed by atoms with Gasteiger partial charge >= 0.3 is 19.8 Å². The van der Waals surface area contributed by atoms with Crippen molar-refractivity contribution in [2.75, 3.05) is 26.4 Å². The van der Waals surface area contributed by atoms with Crippen LogP contribution < -0.4 is 0 Å². The Labute approximate surface area is 252 Å². The Morgan fingerprint density at radius 1 is 0.738 bits per heavy atom. The van der Waals surface area contributed by atoms with E-state index in [9.17, 15) is 24.2 Å². The fourth-order valence-electron chi connectivity index (χ4n) is 3.63. The monoisotopic (exact) mass is 618 g/mol. The van der Waals surface area contributed by atoms with E-state index in [0.29, 0.717) is 12.8 Å². The molecular formula is C31H55O10P. The van der Waals surface area contributed by atoms with Crippen LogP contribution in [0.2, 0.25) is 0 Å². The van der Waals surface area contributed by atoms with Crippen molar-refractivity contribution in [3.8, 4) is 0 Å². The van der Waals surface area contributed by atoms with Crippen LogP contribution in [0.4, 0.5) is 0 Å². The van der Waals surface area contributed by atoms with E-state index < -0.39 is 51.8 Å². The number of rotatable bonds is 28. The summed E-state index contributed by atoms with van der Waals surface area (Å²) in [5, 5.41) is 18.1. The summed E-state index contributed by atoms with van der Waals surface area (Å²) < 4.78 is 32.0. The highest BCUT2D eigenvalue weighted by Crippen LogP contribution is 2.43. The summed E-state index contributed by atoms with van der Waals surface area (Å²) in [6.45, 7) is 1.93. The van der Waals surface area contributed by atoms with Crippen molar-refractivity contribution in [2.24, 2.45) is 0 Å². The third-order valence-corrected chi connectivity index (χ3v) is 7.01. The molecule has 0 aliphatic rings. The Bertz CT molecular complexity index is 812. The van der Waals surface area contributed by atoms with Crippen LogP contribution in [0.1, 0.15) is 110 Å². The fourth-order valence-corrected chi connectivity index (χ4v) is 4.42. The highest BCUT2D eigenvalue weighted by molar-refractivity contribution is 7.47. The number of ether oxygens (including phenoxy) is 2. The maximum Gasteiger partial charge on any atom is 0.472 e. The molecule has 0 radical (unpaired) electrons. The molecule has 0 rings (SSSR count). The van der Waals surface area contributed by atoms with Crippen molar-refractivity contribution in [1.29, 1.82) is 0 Å². The number of hydrogen-bond donors (Lipinski definition) is 3. The third kappa shape index (κ3) is 27.0. The van der Waals surface area contributed by atoms with Gasteiger partial charge in [-0.2, -0.15) is 0 Å². The van der Waals surface area contributed by atoms with Gasteiger partial charge in [-0.1, -0.05) is 88.8 Å². The van der Waals surface area contributed by atoms with E-state index in [1.165, 1.54) is 12.8 Å². The van der Waals surface area contributed by atoms with E-state index in [4.69, 9.17) is 19.1 Å². The smallest absolute Gasteiger partial charge is 0.462 e. The summed E-state index contributed by atoms with van der Waals surface area (Å²) in [4.78, 5) is 34.0. The number of phosphoric ester groups is 1. The Hall–Kier alpha value is -1.81. The second-order valence-corrected chi connectivity index (χ2v) is 11.6. The first-order valence-corrected chi connectivity index (χ1v) is 16.9. The van der Waals surface area contributed by atoms with Crippen LogP contribution in [0.15, 0.2) is 36.5 Å². The molecule has 10 nitrogen and oxygen atoms in total. The van der Waals surface area contributed by atoms with Crippen LogP contribution in [0.5, 0.6) is 0 Å². The van der Waals surface area contributed by atoms with Crippen molar-refractivity contribution in [3.05, 3.63) is 36.5 Å². The molecule has 0 saturated heterocycles. The molecule has 0 aromatic rings. The van der Waals surface area contributed by atoms with Gasteiger partial charge < -0.3 is 24.6 Å². The zero-order valence-electron chi connectivity index (χ0n) is 25.7. The van der Waals surface area contributed by atoms with E-state index in [0.717, 1.165) is 57.8 Å². The first kappa shape index (κ1) is 40.2. The maximum atomic E-state index is 12.4. The minimum absolute atomic E-state index is 0.171. The number of esters is 2. The zero-order chi connectivity index (χ0) is 31.3. The molecule has 0 aliphatic heterocycles. The number of phosphoric acid groups is 1. The van der Waals surface area contributed by atoms with Gasteiger partial charge in [0.15, 0.2) is 6.10 Å². The topological polar surface area (TPSA) is 149 Å². The quantitative estimate of drug-likeness (QED) is 0.0384. The molecule has 0 aromatic heterocycles. The molecular weight excluding hydrogens is 563 g/mol. The van der Waals surface area contributed by atoms with Crippen LogP contribution in [0.25, 0.3) is 0 Å². The standard InChI is InChI=1S/C31H55O10P/c1-3-5-7-8-9-10-11-12-13-14-15-16-17-18-19-20-21-23-31(35)41-29(26-38-30(34)22-6-4-2)27-40-42(36,37)39-25-28(33)24-32/h5,7,9-10,12-13,28-29,32-33H,3-4,6,8,11,14-27H2,1-2H3,(H,36,37)/b7-5-,10-9-,13-12-. The van der Waals surface area contributed by atoms with Gasteiger partial charge in [-0.25, -0.2) is 4.57 Å². The molecule has 0 heterocycles. The summed E-state index contributed by atoms with van der Waals surface area (Å²) in [5.74, 6) is -0.983. The molecule has 42 heavy (non-hydrogen) atoms. The molecule has 3 N–H and O–H groups in total. The van der Waals surface area contributed by atoms with Crippen LogP contribution in [-0.4, -0.2) is 65.7 Å².